The highest BCUT2D eigenvalue weighted by Gasteiger charge is 2.14. The maximum Gasteiger partial charge on any atom is 0.123 e. The van der Waals surface area contributed by atoms with Crippen LogP contribution >= 0.6 is 0 Å². The molecule has 1 rings (SSSR count). The third kappa shape index (κ3) is 4.57. The molecule has 19 heavy (non-hydrogen) atoms. The van der Waals surface area contributed by atoms with E-state index in [4.69, 9.17) is 10.00 Å². The SMILES string of the molecule is COc1ccc(C#N)cc1CN(CC(C)C)C(C)C. The molecule has 1 aromatic rings. The maximum absolute atomic E-state index is 9.01. The van der Waals surface area contributed by atoms with Crippen molar-refractivity contribution in [2.75, 3.05) is 13.7 Å². The third-order valence-electron chi connectivity index (χ3n) is 3.11. The van der Waals surface area contributed by atoms with Crippen LogP contribution in [0.3, 0.4) is 0 Å². The van der Waals surface area contributed by atoms with Crippen molar-refractivity contribution in [3.05, 3.63) is 29.3 Å². The van der Waals surface area contributed by atoms with Gasteiger partial charge in [-0.15, -0.1) is 0 Å². The summed E-state index contributed by atoms with van der Waals surface area (Å²) in [6.07, 6.45) is 0. The predicted molar refractivity (Wildman–Crippen MR) is 78.1 cm³/mol. The van der Waals surface area contributed by atoms with Gasteiger partial charge in [-0.3, -0.25) is 4.90 Å². The van der Waals surface area contributed by atoms with E-state index >= 15 is 0 Å². The lowest BCUT2D eigenvalue weighted by Gasteiger charge is -2.28. The second-order valence-electron chi connectivity index (χ2n) is 5.56. The van der Waals surface area contributed by atoms with Crippen molar-refractivity contribution in [3.63, 3.8) is 0 Å². The second-order valence-corrected chi connectivity index (χ2v) is 5.56. The van der Waals surface area contributed by atoms with Crippen molar-refractivity contribution in [3.8, 4) is 11.8 Å². The number of rotatable bonds is 6. The van der Waals surface area contributed by atoms with Crippen molar-refractivity contribution >= 4 is 0 Å². The molecule has 3 heteroatoms. The number of hydrogen-bond donors (Lipinski definition) is 0. The van der Waals surface area contributed by atoms with Gasteiger partial charge >= 0.3 is 0 Å². The number of nitriles is 1. The zero-order valence-electron chi connectivity index (χ0n) is 12.6. The van der Waals surface area contributed by atoms with Crippen LogP contribution in [-0.2, 0) is 6.54 Å². The standard InChI is InChI=1S/C16H24N2O/c1-12(2)10-18(13(3)4)11-15-8-14(9-17)6-7-16(15)19-5/h6-8,12-13H,10-11H2,1-5H3. The Hall–Kier alpha value is -1.53. The Morgan fingerprint density at radius 3 is 2.42 bits per heavy atom. The minimum Gasteiger partial charge on any atom is -0.496 e. The molecule has 0 aliphatic carbocycles. The zero-order chi connectivity index (χ0) is 14.4. The number of methoxy groups -OCH3 is 1. The minimum atomic E-state index is 0.470. The molecule has 0 N–H and O–H groups in total. The molecule has 0 atom stereocenters. The lowest BCUT2D eigenvalue weighted by atomic mass is 10.1. The van der Waals surface area contributed by atoms with Crippen molar-refractivity contribution < 1.29 is 4.74 Å². The number of benzene rings is 1. The molecular formula is C16H24N2O. The Morgan fingerprint density at radius 2 is 1.95 bits per heavy atom. The highest BCUT2D eigenvalue weighted by Crippen LogP contribution is 2.22. The van der Waals surface area contributed by atoms with Crippen LogP contribution in [0.5, 0.6) is 5.75 Å². The van der Waals surface area contributed by atoms with E-state index in [2.05, 4.69) is 38.7 Å². The molecule has 0 aliphatic rings. The van der Waals surface area contributed by atoms with Crippen molar-refractivity contribution in [2.24, 2.45) is 5.92 Å². The van der Waals surface area contributed by atoms with Crippen LogP contribution in [-0.4, -0.2) is 24.6 Å². The first kappa shape index (κ1) is 15.5. The minimum absolute atomic E-state index is 0.470. The predicted octanol–water partition coefficient (Wildman–Crippen LogP) is 3.43. The number of ether oxygens (including phenoxy) is 1. The van der Waals surface area contributed by atoms with Gasteiger partial charge in [0, 0.05) is 24.7 Å². The fraction of sp³-hybridized carbons (Fsp3) is 0.562. The van der Waals surface area contributed by atoms with E-state index in [9.17, 15) is 0 Å². The highest BCUT2D eigenvalue weighted by atomic mass is 16.5. The molecule has 0 amide bonds. The Balaban J connectivity index is 2.97. The van der Waals surface area contributed by atoms with Crippen LogP contribution < -0.4 is 4.74 Å². The van der Waals surface area contributed by atoms with Crippen LogP contribution in [0, 0.1) is 17.2 Å². The van der Waals surface area contributed by atoms with E-state index < -0.39 is 0 Å². The van der Waals surface area contributed by atoms with E-state index in [1.807, 2.05) is 12.1 Å². The zero-order valence-corrected chi connectivity index (χ0v) is 12.6. The van der Waals surface area contributed by atoms with Gasteiger partial charge in [0.05, 0.1) is 18.7 Å². The molecule has 0 fully saturated rings. The van der Waals surface area contributed by atoms with Crippen molar-refractivity contribution in [2.45, 2.75) is 40.3 Å². The van der Waals surface area contributed by atoms with E-state index in [1.165, 1.54) is 0 Å². The quantitative estimate of drug-likeness (QED) is 0.786. The smallest absolute Gasteiger partial charge is 0.123 e. The fourth-order valence-corrected chi connectivity index (χ4v) is 2.12. The van der Waals surface area contributed by atoms with Gasteiger partial charge in [-0.25, -0.2) is 0 Å². The average molecular weight is 260 g/mol. The molecule has 0 spiro atoms. The molecule has 3 nitrogen and oxygen atoms in total. The summed E-state index contributed by atoms with van der Waals surface area (Å²) in [7, 11) is 1.67. The van der Waals surface area contributed by atoms with Gasteiger partial charge in [0.15, 0.2) is 0 Å². The first-order valence-electron chi connectivity index (χ1n) is 6.79. The lowest BCUT2D eigenvalue weighted by molar-refractivity contribution is 0.187. The first-order valence-corrected chi connectivity index (χ1v) is 6.79. The molecule has 0 aliphatic heterocycles. The molecule has 0 unspecified atom stereocenters. The fourth-order valence-electron chi connectivity index (χ4n) is 2.12. The third-order valence-corrected chi connectivity index (χ3v) is 3.11. The topological polar surface area (TPSA) is 36.3 Å². The molecular weight excluding hydrogens is 236 g/mol. The summed E-state index contributed by atoms with van der Waals surface area (Å²) in [6, 6.07) is 8.26. The van der Waals surface area contributed by atoms with E-state index in [1.54, 1.807) is 13.2 Å². The first-order chi connectivity index (χ1) is 8.97. The Bertz CT molecular complexity index is 447. The van der Waals surface area contributed by atoms with E-state index in [0.717, 1.165) is 24.4 Å². The molecule has 0 heterocycles. The van der Waals surface area contributed by atoms with Gasteiger partial charge < -0.3 is 4.74 Å². The molecule has 1 aromatic carbocycles. The summed E-state index contributed by atoms with van der Waals surface area (Å²) < 4.78 is 5.39. The van der Waals surface area contributed by atoms with Gasteiger partial charge in [-0.05, 0) is 38.0 Å². The van der Waals surface area contributed by atoms with E-state index in [-0.39, 0.29) is 0 Å². The van der Waals surface area contributed by atoms with Gasteiger partial charge in [0.25, 0.3) is 0 Å². The largest absolute Gasteiger partial charge is 0.496 e. The van der Waals surface area contributed by atoms with E-state index in [0.29, 0.717) is 17.5 Å². The van der Waals surface area contributed by atoms with Gasteiger partial charge in [0.1, 0.15) is 5.75 Å². The molecule has 0 aromatic heterocycles. The molecule has 0 saturated carbocycles. The summed E-state index contributed by atoms with van der Waals surface area (Å²) in [6.45, 7) is 10.7. The van der Waals surface area contributed by atoms with Crippen LogP contribution in [0.4, 0.5) is 0 Å². The van der Waals surface area contributed by atoms with Crippen LogP contribution in [0.2, 0.25) is 0 Å². The van der Waals surface area contributed by atoms with Crippen LogP contribution in [0.15, 0.2) is 18.2 Å². The van der Waals surface area contributed by atoms with Crippen LogP contribution in [0.1, 0.15) is 38.8 Å². The molecule has 0 radical (unpaired) electrons. The maximum atomic E-state index is 9.01. The number of nitrogens with zero attached hydrogens (tertiary/aromatic N) is 2. The average Bonchev–Trinajstić information content (AvgIpc) is 2.37. The second kappa shape index (κ2) is 7.16. The van der Waals surface area contributed by atoms with Crippen LogP contribution in [0.25, 0.3) is 0 Å². The Kier molecular flexibility index (Phi) is 5.85. The highest BCUT2D eigenvalue weighted by molar-refractivity contribution is 5.42. The van der Waals surface area contributed by atoms with Gasteiger partial charge in [-0.1, -0.05) is 13.8 Å². The molecule has 0 bridgehead atoms. The number of hydrogen-bond acceptors (Lipinski definition) is 3. The Labute approximate surface area is 116 Å². The summed E-state index contributed by atoms with van der Waals surface area (Å²) in [5, 5.41) is 9.01. The molecule has 0 saturated heterocycles. The normalized spacial score (nSPS) is 11.1. The molecule has 104 valence electrons. The van der Waals surface area contributed by atoms with Gasteiger partial charge in [-0.2, -0.15) is 5.26 Å². The summed E-state index contributed by atoms with van der Waals surface area (Å²) in [5.74, 6) is 1.47. The van der Waals surface area contributed by atoms with Crippen molar-refractivity contribution in [1.29, 1.82) is 5.26 Å². The van der Waals surface area contributed by atoms with Crippen molar-refractivity contribution in [1.82, 2.24) is 4.90 Å². The van der Waals surface area contributed by atoms with Gasteiger partial charge in [0.2, 0.25) is 0 Å². The Morgan fingerprint density at radius 1 is 1.26 bits per heavy atom. The lowest BCUT2D eigenvalue weighted by Crippen LogP contribution is -2.33. The summed E-state index contributed by atoms with van der Waals surface area (Å²) in [5.41, 5.74) is 1.76. The summed E-state index contributed by atoms with van der Waals surface area (Å²) in [4.78, 5) is 2.41. The monoisotopic (exact) mass is 260 g/mol. The summed E-state index contributed by atoms with van der Waals surface area (Å²) >= 11 is 0.